The molecule has 2 nitrogen and oxygen atoms in total. The highest BCUT2D eigenvalue weighted by Crippen LogP contribution is 2.23. The lowest BCUT2D eigenvalue weighted by molar-refractivity contribution is 0.170. The lowest BCUT2D eigenvalue weighted by Gasteiger charge is -2.34. The average molecular weight is 250 g/mol. The first-order chi connectivity index (χ1) is 8.69. The summed E-state index contributed by atoms with van der Waals surface area (Å²) < 4.78 is 12.8. The molecule has 1 N–H and O–H groups in total. The Labute approximate surface area is 109 Å². The van der Waals surface area contributed by atoms with Crippen LogP contribution in [0.2, 0.25) is 0 Å². The van der Waals surface area contributed by atoms with E-state index in [1.807, 2.05) is 19.2 Å². The Bertz CT molecular complexity index is 355. The van der Waals surface area contributed by atoms with E-state index in [0.717, 1.165) is 6.54 Å². The molecule has 2 rings (SSSR count). The normalized spacial score (nSPS) is 24.4. The molecule has 0 amide bonds. The van der Waals surface area contributed by atoms with Gasteiger partial charge < -0.3 is 5.32 Å². The van der Waals surface area contributed by atoms with Gasteiger partial charge >= 0.3 is 0 Å². The zero-order valence-corrected chi connectivity index (χ0v) is 11.3. The van der Waals surface area contributed by atoms with Gasteiger partial charge in [0.1, 0.15) is 5.82 Å². The third-order valence-electron chi connectivity index (χ3n) is 4.07. The second-order valence-corrected chi connectivity index (χ2v) is 5.34. The minimum absolute atomic E-state index is 0.157. The van der Waals surface area contributed by atoms with Crippen LogP contribution >= 0.6 is 0 Å². The van der Waals surface area contributed by atoms with Crippen molar-refractivity contribution in [2.24, 2.45) is 0 Å². The van der Waals surface area contributed by atoms with Crippen LogP contribution < -0.4 is 5.32 Å². The van der Waals surface area contributed by atoms with Crippen LogP contribution in [0.3, 0.4) is 0 Å². The average Bonchev–Trinajstić information content (AvgIpc) is 2.41. The maximum atomic E-state index is 12.8. The van der Waals surface area contributed by atoms with E-state index in [-0.39, 0.29) is 5.82 Å². The van der Waals surface area contributed by atoms with Crippen molar-refractivity contribution < 1.29 is 4.39 Å². The van der Waals surface area contributed by atoms with E-state index >= 15 is 0 Å². The number of hydrogen-bond donors (Lipinski definition) is 1. The molecule has 1 fully saturated rings. The lowest BCUT2D eigenvalue weighted by Crippen LogP contribution is -2.39. The van der Waals surface area contributed by atoms with Gasteiger partial charge in [-0.25, -0.2) is 4.39 Å². The molecule has 0 spiro atoms. The largest absolute Gasteiger partial charge is 0.317 e. The van der Waals surface area contributed by atoms with Crippen LogP contribution in [0.15, 0.2) is 24.3 Å². The highest BCUT2D eigenvalue weighted by atomic mass is 19.1. The molecule has 1 aromatic rings. The highest BCUT2D eigenvalue weighted by molar-refractivity contribution is 5.15. The zero-order chi connectivity index (χ0) is 13.0. The number of nitrogens with zero attached hydrogens (tertiary/aromatic N) is 1. The third-order valence-corrected chi connectivity index (χ3v) is 4.07. The minimum Gasteiger partial charge on any atom is -0.317 e. The van der Waals surface area contributed by atoms with Crippen LogP contribution in [0.5, 0.6) is 0 Å². The van der Waals surface area contributed by atoms with Crippen molar-refractivity contribution in [3.63, 3.8) is 0 Å². The summed E-state index contributed by atoms with van der Waals surface area (Å²) in [6, 6.07) is 8.21. The highest BCUT2D eigenvalue weighted by Gasteiger charge is 2.22. The molecule has 3 heteroatoms. The summed E-state index contributed by atoms with van der Waals surface area (Å²) >= 11 is 0. The van der Waals surface area contributed by atoms with E-state index in [1.54, 1.807) is 12.1 Å². The van der Waals surface area contributed by atoms with Crippen molar-refractivity contribution in [1.29, 1.82) is 0 Å². The van der Waals surface area contributed by atoms with Crippen molar-refractivity contribution in [2.75, 3.05) is 14.1 Å². The first-order valence-electron chi connectivity index (χ1n) is 6.81. The van der Waals surface area contributed by atoms with Crippen molar-refractivity contribution in [1.82, 2.24) is 10.2 Å². The Kier molecular flexibility index (Phi) is 4.72. The molecule has 1 saturated carbocycles. The van der Waals surface area contributed by atoms with Crippen molar-refractivity contribution in [3.05, 3.63) is 35.6 Å². The van der Waals surface area contributed by atoms with Gasteiger partial charge in [0.05, 0.1) is 0 Å². The molecule has 0 aromatic heterocycles. The van der Waals surface area contributed by atoms with Crippen LogP contribution in [-0.2, 0) is 6.54 Å². The van der Waals surface area contributed by atoms with Crippen LogP contribution in [0.4, 0.5) is 4.39 Å². The fourth-order valence-corrected chi connectivity index (χ4v) is 2.81. The summed E-state index contributed by atoms with van der Waals surface area (Å²) in [4.78, 5) is 2.40. The van der Waals surface area contributed by atoms with Crippen molar-refractivity contribution in [2.45, 2.75) is 44.3 Å². The molecule has 100 valence electrons. The Morgan fingerprint density at radius 2 is 1.78 bits per heavy atom. The van der Waals surface area contributed by atoms with E-state index in [9.17, 15) is 4.39 Å². The van der Waals surface area contributed by atoms with E-state index in [1.165, 1.54) is 31.2 Å². The molecule has 0 radical (unpaired) electrons. The molecule has 0 atom stereocenters. The smallest absolute Gasteiger partial charge is 0.123 e. The zero-order valence-electron chi connectivity index (χ0n) is 11.3. The van der Waals surface area contributed by atoms with Gasteiger partial charge in [-0.1, -0.05) is 12.1 Å². The summed E-state index contributed by atoms with van der Waals surface area (Å²) in [6.07, 6.45) is 5.02. The monoisotopic (exact) mass is 250 g/mol. The predicted molar refractivity (Wildman–Crippen MR) is 73.0 cm³/mol. The first kappa shape index (κ1) is 13.5. The van der Waals surface area contributed by atoms with Gasteiger partial charge in [0.15, 0.2) is 0 Å². The lowest BCUT2D eigenvalue weighted by atomic mass is 9.90. The second kappa shape index (κ2) is 6.30. The molecule has 1 aliphatic rings. The molecule has 0 heterocycles. The maximum Gasteiger partial charge on any atom is 0.123 e. The third kappa shape index (κ3) is 3.53. The molecule has 0 saturated heterocycles. The van der Waals surface area contributed by atoms with E-state index in [0.29, 0.717) is 12.1 Å². The molecule has 18 heavy (non-hydrogen) atoms. The van der Waals surface area contributed by atoms with Gasteiger partial charge in [-0.2, -0.15) is 0 Å². The van der Waals surface area contributed by atoms with Gasteiger partial charge in [0.2, 0.25) is 0 Å². The SMILES string of the molecule is CNC1CCC(N(C)Cc2ccc(F)cc2)CC1. The summed E-state index contributed by atoms with van der Waals surface area (Å²) in [6.45, 7) is 0.912. The molecular formula is C15H23FN2. The molecule has 1 aliphatic carbocycles. The number of hydrogen-bond acceptors (Lipinski definition) is 2. The van der Waals surface area contributed by atoms with Crippen molar-refractivity contribution in [3.8, 4) is 0 Å². The summed E-state index contributed by atoms with van der Waals surface area (Å²) in [5, 5.41) is 3.36. The summed E-state index contributed by atoms with van der Waals surface area (Å²) in [7, 11) is 4.22. The first-order valence-corrected chi connectivity index (χ1v) is 6.81. The second-order valence-electron chi connectivity index (χ2n) is 5.34. The topological polar surface area (TPSA) is 15.3 Å². The number of halogens is 1. The van der Waals surface area contributed by atoms with E-state index < -0.39 is 0 Å². The van der Waals surface area contributed by atoms with Crippen molar-refractivity contribution >= 4 is 0 Å². The molecular weight excluding hydrogens is 227 g/mol. The van der Waals surface area contributed by atoms with Crippen LogP contribution in [0.25, 0.3) is 0 Å². The fourth-order valence-electron chi connectivity index (χ4n) is 2.81. The maximum absolute atomic E-state index is 12.8. The Morgan fingerprint density at radius 1 is 1.17 bits per heavy atom. The quantitative estimate of drug-likeness (QED) is 0.884. The Morgan fingerprint density at radius 3 is 2.33 bits per heavy atom. The van der Waals surface area contributed by atoms with E-state index in [2.05, 4.69) is 17.3 Å². The van der Waals surface area contributed by atoms with Crippen LogP contribution in [0, 0.1) is 5.82 Å². The standard InChI is InChI=1S/C15H23FN2/c1-17-14-7-9-15(10-8-14)18(2)11-12-3-5-13(16)6-4-12/h3-6,14-15,17H,7-11H2,1-2H3. The predicted octanol–water partition coefficient (Wildman–Crippen LogP) is 2.79. The molecule has 0 aliphatic heterocycles. The van der Waals surface area contributed by atoms with Gasteiger partial charge in [-0.3, -0.25) is 4.90 Å². The van der Waals surface area contributed by atoms with Crippen LogP contribution in [-0.4, -0.2) is 31.1 Å². The Hall–Kier alpha value is -0.930. The fraction of sp³-hybridized carbons (Fsp3) is 0.600. The minimum atomic E-state index is -0.157. The molecule has 1 aromatic carbocycles. The van der Waals surface area contributed by atoms with Gasteiger partial charge in [-0.15, -0.1) is 0 Å². The molecule has 0 bridgehead atoms. The molecule has 0 unspecified atom stereocenters. The summed E-state index contributed by atoms with van der Waals surface area (Å²) in [5.41, 5.74) is 1.19. The number of benzene rings is 1. The Balaban J connectivity index is 1.85. The summed E-state index contributed by atoms with van der Waals surface area (Å²) in [5.74, 6) is -0.157. The van der Waals surface area contributed by atoms with Crippen LogP contribution in [0.1, 0.15) is 31.2 Å². The van der Waals surface area contributed by atoms with E-state index in [4.69, 9.17) is 0 Å². The van der Waals surface area contributed by atoms with Gasteiger partial charge in [0.25, 0.3) is 0 Å². The number of rotatable bonds is 4. The number of nitrogens with one attached hydrogen (secondary N) is 1. The van der Waals surface area contributed by atoms with Gasteiger partial charge in [0, 0.05) is 18.6 Å². The van der Waals surface area contributed by atoms with Gasteiger partial charge in [-0.05, 0) is 57.5 Å².